The monoisotopic (exact) mass is 428 g/mol. The van der Waals surface area contributed by atoms with Crippen LogP contribution < -0.4 is 0 Å². The maximum absolute atomic E-state index is 13.4. The molecule has 3 aromatic rings. The van der Waals surface area contributed by atoms with Crippen LogP contribution in [-0.2, 0) is 5.60 Å². The van der Waals surface area contributed by atoms with Gasteiger partial charge in [-0.15, -0.1) is 10.2 Å². The average molecular weight is 430 g/mol. The van der Waals surface area contributed by atoms with Gasteiger partial charge in [0.2, 0.25) is 0 Å². The van der Waals surface area contributed by atoms with Crippen LogP contribution in [0.25, 0.3) is 0 Å². The van der Waals surface area contributed by atoms with Crippen LogP contribution in [0.5, 0.6) is 0 Å². The second-order valence-corrected chi connectivity index (χ2v) is 6.92. The van der Waals surface area contributed by atoms with Crippen molar-refractivity contribution in [3.05, 3.63) is 75.2 Å². The molecular weight excluding hydrogens is 418 g/mol. The third kappa shape index (κ3) is 3.56. The minimum atomic E-state index is -1.65. The summed E-state index contributed by atoms with van der Waals surface area (Å²) in [6, 6.07) is 8.73. The van der Waals surface area contributed by atoms with Crippen molar-refractivity contribution in [1.82, 2.24) is 20.0 Å². The lowest BCUT2D eigenvalue weighted by molar-refractivity contribution is 0.00416. The smallest absolute Gasteiger partial charge is 0.289 e. The molecule has 2 atom stereocenters. The van der Waals surface area contributed by atoms with Crippen molar-refractivity contribution in [2.45, 2.75) is 18.6 Å². The van der Waals surface area contributed by atoms with Gasteiger partial charge in [0.25, 0.3) is 11.9 Å². The molecule has 25 heavy (non-hydrogen) atoms. The Hall–Kier alpha value is -1.90. The predicted octanol–water partition coefficient (Wildman–Crippen LogP) is 3.86. The lowest BCUT2D eigenvalue weighted by atomic mass is 9.86. The summed E-state index contributed by atoms with van der Waals surface area (Å²) in [7, 11) is 0. The Morgan fingerprint density at radius 2 is 1.88 bits per heavy atom. The number of benzene rings is 1. The molecule has 0 radical (unpaired) electrons. The van der Waals surface area contributed by atoms with Gasteiger partial charge in [-0.05, 0) is 52.7 Å². The summed E-state index contributed by atoms with van der Waals surface area (Å²) < 4.78 is 27.6. The molecule has 2 unspecified atom stereocenters. The maximum atomic E-state index is 13.4. The molecule has 0 fully saturated rings. The highest BCUT2D eigenvalue weighted by atomic mass is 79.9. The number of hydrogen-bond acceptors (Lipinski definition) is 4. The Labute approximate surface area is 155 Å². The first-order valence-electron chi connectivity index (χ1n) is 7.16. The van der Waals surface area contributed by atoms with Crippen molar-refractivity contribution in [3.63, 3.8) is 0 Å². The van der Waals surface area contributed by atoms with E-state index < -0.39 is 23.5 Å². The molecule has 0 amide bonds. The van der Waals surface area contributed by atoms with Crippen LogP contribution >= 0.6 is 27.5 Å². The quantitative estimate of drug-likeness (QED) is 0.684. The van der Waals surface area contributed by atoms with Gasteiger partial charge in [0.05, 0.1) is 5.69 Å². The lowest BCUT2D eigenvalue weighted by Crippen LogP contribution is -2.36. The van der Waals surface area contributed by atoms with Gasteiger partial charge < -0.3 is 5.11 Å². The van der Waals surface area contributed by atoms with E-state index in [1.165, 1.54) is 13.1 Å². The van der Waals surface area contributed by atoms with Gasteiger partial charge >= 0.3 is 0 Å². The molecule has 2 heterocycles. The molecule has 0 saturated carbocycles. The summed E-state index contributed by atoms with van der Waals surface area (Å²) in [5, 5.41) is 18.5. The minimum Gasteiger partial charge on any atom is -0.383 e. The fourth-order valence-electron chi connectivity index (χ4n) is 2.54. The summed E-state index contributed by atoms with van der Waals surface area (Å²) in [6.45, 7) is 1.48. The van der Waals surface area contributed by atoms with Gasteiger partial charge in [-0.1, -0.05) is 23.7 Å². The average Bonchev–Trinajstić information content (AvgIpc) is 2.88. The lowest BCUT2D eigenvalue weighted by Gasteiger charge is -2.32. The van der Waals surface area contributed by atoms with E-state index in [1.54, 1.807) is 36.4 Å². The number of nitrogens with zero attached hydrogens (tertiary/aromatic N) is 4. The fourth-order valence-corrected chi connectivity index (χ4v) is 2.97. The van der Waals surface area contributed by atoms with Crippen LogP contribution in [0.3, 0.4) is 0 Å². The number of halogens is 4. The number of aromatic nitrogens is 4. The van der Waals surface area contributed by atoms with Crippen molar-refractivity contribution in [3.8, 4) is 0 Å². The summed E-state index contributed by atoms with van der Waals surface area (Å²) in [6.07, 6.45) is 1.51. The second-order valence-electron chi connectivity index (χ2n) is 5.56. The van der Waals surface area contributed by atoms with Gasteiger partial charge in [0.15, 0.2) is 0 Å². The van der Waals surface area contributed by atoms with E-state index >= 15 is 0 Å². The molecule has 0 aliphatic rings. The number of hydrogen-bond donors (Lipinski definition) is 1. The van der Waals surface area contributed by atoms with Gasteiger partial charge in [0, 0.05) is 15.7 Å². The first kappa shape index (κ1) is 17.9. The number of pyridine rings is 1. The normalized spacial score (nSPS) is 15.0. The van der Waals surface area contributed by atoms with Crippen LogP contribution in [0.2, 0.25) is 5.02 Å². The maximum Gasteiger partial charge on any atom is 0.289 e. The van der Waals surface area contributed by atoms with Gasteiger partial charge in [-0.3, -0.25) is 4.98 Å². The molecule has 2 aromatic heterocycles. The van der Waals surface area contributed by atoms with Crippen molar-refractivity contribution in [2.24, 2.45) is 0 Å². The molecule has 0 aliphatic carbocycles. The fraction of sp³-hybridized carbons (Fsp3) is 0.188. The number of rotatable bonds is 4. The van der Waals surface area contributed by atoms with Crippen molar-refractivity contribution < 1.29 is 13.9 Å². The molecule has 1 N–H and O–H groups in total. The zero-order chi connectivity index (χ0) is 18.2. The van der Waals surface area contributed by atoms with Crippen LogP contribution in [-0.4, -0.2) is 25.1 Å². The third-order valence-electron chi connectivity index (χ3n) is 3.75. The Morgan fingerprint density at radius 3 is 2.44 bits per heavy atom. The molecule has 5 nitrogen and oxygen atoms in total. The molecular formula is C16H12BrClF2N4O. The Morgan fingerprint density at radius 1 is 1.20 bits per heavy atom. The van der Waals surface area contributed by atoms with Crippen molar-refractivity contribution >= 4 is 27.5 Å². The molecule has 130 valence electrons. The van der Waals surface area contributed by atoms with Crippen LogP contribution in [0.4, 0.5) is 8.78 Å². The van der Waals surface area contributed by atoms with E-state index in [-0.39, 0.29) is 0 Å². The molecule has 0 aliphatic heterocycles. The first-order valence-corrected chi connectivity index (χ1v) is 8.34. The van der Waals surface area contributed by atoms with E-state index in [1.807, 2.05) is 0 Å². The predicted molar refractivity (Wildman–Crippen MR) is 91.0 cm³/mol. The highest BCUT2D eigenvalue weighted by molar-refractivity contribution is 9.10. The SMILES string of the molecule is CC(O)(c1cccc(Cl)c1)C(c1ccc(Br)cn1)n1nc(F)c(F)n1. The Kier molecular flexibility index (Phi) is 4.86. The van der Waals surface area contributed by atoms with Crippen molar-refractivity contribution in [1.29, 1.82) is 0 Å². The van der Waals surface area contributed by atoms with Crippen molar-refractivity contribution in [2.75, 3.05) is 0 Å². The summed E-state index contributed by atoms with van der Waals surface area (Å²) in [5.74, 6) is -2.71. The minimum absolute atomic E-state index is 0.322. The van der Waals surface area contributed by atoms with Gasteiger partial charge in [0.1, 0.15) is 11.6 Å². The molecule has 3 rings (SSSR count). The summed E-state index contributed by atoms with van der Waals surface area (Å²) in [4.78, 5) is 5.00. The highest BCUT2D eigenvalue weighted by Gasteiger charge is 2.40. The highest BCUT2D eigenvalue weighted by Crippen LogP contribution is 2.37. The molecule has 1 aromatic carbocycles. The standard InChI is InChI=1S/C16H12BrClF2N4O/c1-16(25,9-3-2-4-11(18)7-9)13(12-6-5-10(17)8-21-12)24-22-14(19)15(20)23-24/h2-8,13,25H,1H3. The Bertz CT molecular complexity index is 882. The largest absolute Gasteiger partial charge is 0.383 e. The third-order valence-corrected chi connectivity index (χ3v) is 4.46. The first-order chi connectivity index (χ1) is 11.8. The Balaban J connectivity index is 2.17. The van der Waals surface area contributed by atoms with E-state index in [0.717, 1.165) is 4.80 Å². The topological polar surface area (TPSA) is 63.8 Å². The van der Waals surface area contributed by atoms with Crippen LogP contribution in [0.15, 0.2) is 47.1 Å². The molecule has 9 heteroatoms. The van der Waals surface area contributed by atoms with E-state index in [2.05, 4.69) is 31.1 Å². The van der Waals surface area contributed by atoms with E-state index in [0.29, 0.717) is 20.8 Å². The molecule has 0 spiro atoms. The molecule has 0 saturated heterocycles. The number of aliphatic hydroxyl groups is 1. The zero-order valence-corrected chi connectivity index (χ0v) is 15.2. The summed E-state index contributed by atoms with van der Waals surface area (Å²) >= 11 is 9.28. The van der Waals surface area contributed by atoms with Crippen LogP contribution in [0, 0.1) is 11.9 Å². The summed E-state index contributed by atoms with van der Waals surface area (Å²) in [5.41, 5.74) is -0.903. The molecule has 0 bridgehead atoms. The van der Waals surface area contributed by atoms with Crippen LogP contribution in [0.1, 0.15) is 24.2 Å². The second kappa shape index (κ2) is 6.78. The van der Waals surface area contributed by atoms with Gasteiger partial charge in [-0.2, -0.15) is 13.6 Å². The van der Waals surface area contributed by atoms with E-state index in [4.69, 9.17) is 11.6 Å². The van der Waals surface area contributed by atoms with E-state index in [9.17, 15) is 13.9 Å². The van der Waals surface area contributed by atoms with Gasteiger partial charge in [-0.25, -0.2) is 0 Å². The zero-order valence-electron chi connectivity index (χ0n) is 12.9.